The third-order valence-electron chi connectivity index (χ3n) is 6.31. The first-order valence-electron chi connectivity index (χ1n) is 12.5. The third kappa shape index (κ3) is 6.89. The predicted molar refractivity (Wildman–Crippen MR) is 148 cm³/mol. The van der Waals surface area contributed by atoms with Crippen molar-refractivity contribution in [2.45, 2.75) is 32.4 Å². The zero-order chi connectivity index (χ0) is 27.9. The lowest BCUT2D eigenvalue weighted by Gasteiger charge is -2.15. The van der Waals surface area contributed by atoms with Crippen LogP contribution < -0.4 is 10.6 Å². The summed E-state index contributed by atoms with van der Waals surface area (Å²) in [4.78, 5) is 35.3. The molecule has 9 nitrogen and oxygen atoms in total. The average Bonchev–Trinajstić information content (AvgIpc) is 3.28. The first kappa shape index (κ1) is 27.1. The maximum atomic E-state index is 12.6. The van der Waals surface area contributed by atoms with Crippen LogP contribution >= 0.6 is 0 Å². The molecule has 0 saturated heterocycles. The summed E-state index contributed by atoms with van der Waals surface area (Å²) in [6.45, 7) is 3.11. The van der Waals surface area contributed by atoms with Crippen molar-refractivity contribution in [3.63, 3.8) is 0 Å². The van der Waals surface area contributed by atoms with Gasteiger partial charge < -0.3 is 15.2 Å². The highest BCUT2D eigenvalue weighted by Crippen LogP contribution is 2.30. The molecule has 4 rings (SSSR count). The van der Waals surface area contributed by atoms with Gasteiger partial charge in [-0.05, 0) is 34.7 Å². The Morgan fingerprint density at radius 2 is 1.51 bits per heavy atom. The maximum absolute atomic E-state index is 12.6. The zero-order valence-corrected chi connectivity index (χ0v) is 21.9. The number of aliphatic carboxylic acids is 1. The molecular weight excluding hydrogens is 496 g/mol. The summed E-state index contributed by atoms with van der Waals surface area (Å²) in [5.41, 5.74) is 5.25. The van der Waals surface area contributed by atoms with Crippen LogP contribution in [0, 0.1) is 0 Å². The van der Waals surface area contributed by atoms with Crippen molar-refractivity contribution in [1.29, 1.82) is 0 Å². The molecule has 2 atom stereocenters. The predicted octanol–water partition coefficient (Wildman–Crippen LogP) is 5.20. The Bertz CT molecular complexity index is 1450. The minimum atomic E-state index is -1.08. The van der Waals surface area contributed by atoms with Crippen molar-refractivity contribution in [2.24, 2.45) is 7.05 Å². The van der Waals surface area contributed by atoms with Crippen LogP contribution in [0.15, 0.2) is 85.1 Å². The van der Waals surface area contributed by atoms with Crippen LogP contribution in [0.5, 0.6) is 0 Å². The summed E-state index contributed by atoms with van der Waals surface area (Å²) >= 11 is 0. The van der Waals surface area contributed by atoms with Gasteiger partial charge in [0, 0.05) is 26.0 Å². The number of amides is 2. The van der Waals surface area contributed by atoms with Crippen molar-refractivity contribution in [3.05, 3.63) is 96.2 Å². The number of benzene rings is 3. The number of hydrogen-bond acceptors (Lipinski definition) is 5. The van der Waals surface area contributed by atoms with Gasteiger partial charge in [-0.2, -0.15) is 5.10 Å². The van der Waals surface area contributed by atoms with Crippen molar-refractivity contribution >= 4 is 23.8 Å². The van der Waals surface area contributed by atoms with Crippen molar-refractivity contribution in [2.75, 3.05) is 5.32 Å². The quantitative estimate of drug-likeness (QED) is 0.276. The Morgan fingerprint density at radius 3 is 2.10 bits per heavy atom. The van der Waals surface area contributed by atoms with E-state index in [4.69, 9.17) is 4.74 Å². The van der Waals surface area contributed by atoms with Gasteiger partial charge >= 0.3 is 12.1 Å². The molecule has 0 aliphatic carbocycles. The number of carboxylic acid groups (broad SMARTS) is 1. The third-order valence-corrected chi connectivity index (χ3v) is 6.31. The number of carbonyl (C=O) groups is 3. The monoisotopic (exact) mass is 526 g/mol. The molecule has 1 heterocycles. The Labute approximate surface area is 226 Å². The van der Waals surface area contributed by atoms with E-state index in [2.05, 4.69) is 15.7 Å². The number of nitrogens with one attached hydrogen (secondary N) is 2. The van der Waals surface area contributed by atoms with Crippen LogP contribution in [0.25, 0.3) is 22.3 Å². The number of carbonyl (C=O) groups excluding carboxylic acids is 2. The van der Waals surface area contributed by atoms with Crippen LogP contribution in [-0.4, -0.2) is 38.9 Å². The second-order valence-corrected chi connectivity index (χ2v) is 9.18. The summed E-state index contributed by atoms with van der Waals surface area (Å²) in [6, 6.07) is 23.9. The molecular formula is C30H30N4O5. The lowest BCUT2D eigenvalue weighted by molar-refractivity contribution is -0.141. The fraction of sp³-hybridized carbons (Fsp3) is 0.200. The molecule has 0 bridgehead atoms. The number of carboxylic acids is 1. The number of aromatic nitrogens is 2. The molecule has 2 unspecified atom stereocenters. The minimum Gasteiger partial charge on any atom is -0.480 e. The SMILES string of the molecule is CC(=O)NC(Cc1ccc(-c2ccc(-c3cnn(C)c3NC(=O)OC(C)c3ccccc3)cc2)cc1)C(=O)O. The van der Waals surface area contributed by atoms with Gasteiger partial charge in [0.05, 0.1) is 6.20 Å². The molecule has 39 heavy (non-hydrogen) atoms. The van der Waals surface area contributed by atoms with Crippen LogP contribution in [0.3, 0.4) is 0 Å². The van der Waals surface area contributed by atoms with Crippen molar-refractivity contribution < 1.29 is 24.2 Å². The largest absolute Gasteiger partial charge is 0.480 e. The van der Waals surface area contributed by atoms with Gasteiger partial charge in [-0.25, -0.2) is 9.59 Å². The second kappa shape index (κ2) is 12.1. The fourth-order valence-corrected chi connectivity index (χ4v) is 4.23. The summed E-state index contributed by atoms with van der Waals surface area (Å²) in [6.07, 6.45) is 0.899. The summed E-state index contributed by atoms with van der Waals surface area (Å²) in [5.74, 6) is -0.942. The minimum absolute atomic E-state index is 0.192. The highest BCUT2D eigenvalue weighted by molar-refractivity contribution is 5.90. The summed E-state index contributed by atoms with van der Waals surface area (Å²) < 4.78 is 7.14. The van der Waals surface area contributed by atoms with Gasteiger partial charge in [0.2, 0.25) is 5.91 Å². The Hall–Kier alpha value is -4.92. The zero-order valence-electron chi connectivity index (χ0n) is 21.9. The van der Waals surface area contributed by atoms with E-state index < -0.39 is 24.2 Å². The topological polar surface area (TPSA) is 123 Å². The van der Waals surface area contributed by atoms with Crippen molar-refractivity contribution in [1.82, 2.24) is 15.1 Å². The van der Waals surface area contributed by atoms with Gasteiger partial charge in [-0.1, -0.05) is 78.9 Å². The Balaban J connectivity index is 1.44. The lowest BCUT2D eigenvalue weighted by atomic mass is 9.99. The van der Waals surface area contributed by atoms with E-state index in [0.717, 1.165) is 33.4 Å². The second-order valence-electron chi connectivity index (χ2n) is 9.18. The number of hydrogen-bond donors (Lipinski definition) is 3. The van der Waals surface area contributed by atoms with Crippen LogP contribution in [0.1, 0.15) is 31.1 Å². The smallest absolute Gasteiger partial charge is 0.413 e. The molecule has 9 heteroatoms. The summed E-state index contributed by atoms with van der Waals surface area (Å²) in [7, 11) is 1.75. The van der Waals surface area contributed by atoms with E-state index >= 15 is 0 Å². The number of aryl methyl sites for hydroxylation is 1. The van der Waals surface area contributed by atoms with E-state index in [1.54, 1.807) is 17.9 Å². The first-order chi connectivity index (χ1) is 18.7. The molecule has 0 aliphatic heterocycles. The molecule has 0 fully saturated rings. The summed E-state index contributed by atoms with van der Waals surface area (Å²) in [5, 5.41) is 18.9. The molecule has 0 saturated carbocycles. The van der Waals surface area contributed by atoms with Crippen LogP contribution in [-0.2, 0) is 27.8 Å². The van der Waals surface area contributed by atoms with Crippen LogP contribution in [0.4, 0.5) is 10.6 Å². The van der Waals surface area contributed by atoms with Gasteiger partial charge in [-0.15, -0.1) is 0 Å². The number of nitrogens with zero attached hydrogens (tertiary/aromatic N) is 2. The van der Waals surface area contributed by atoms with E-state index in [0.29, 0.717) is 5.82 Å². The van der Waals surface area contributed by atoms with Gasteiger partial charge in [0.1, 0.15) is 18.0 Å². The van der Waals surface area contributed by atoms with Gasteiger partial charge in [-0.3, -0.25) is 14.8 Å². The highest BCUT2D eigenvalue weighted by atomic mass is 16.6. The van der Waals surface area contributed by atoms with Crippen LogP contribution in [0.2, 0.25) is 0 Å². The fourth-order valence-electron chi connectivity index (χ4n) is 4.23. The number of rotatable bonds is 9. The standard InChI is InChI=1S/C30H30N4O5/c1-19(22-7-5-4-6-8-22)39-30(38)33-28-26(18-31-34(28)3)25-15-13-24(14-16-25)23-11-9-21(10-12-23)17-27(29(36)37)32-20(2)35/h4-16,18-19,27H,17H2,1-3H3,(H,32,35)(H,33,38)(H,36,37). The molecule has 0 aliphatic rings. The van der Waals surface area contributed by atoms with Crippen molar-refractivity contribution in [3.8, 4) is 22.3 Å². The number of ether oxygens (including phenoxy) is 1. The van der Waals surface area contributed by atoms with E-state index in [1.165, 1.54) is 6.92 Å². The lowest BCUT2D eigenvalue weighted by Crippen LogP contribution is -2.41. The van der Waals surface area contributed by atoms with E-state index in [9.17, 15) is 19.5 Å². The number of anilines is 1. The molecule has 3 N–H and O–H groups in total. The average molecular weight is 527 g/mol. The highest BCUT2D eigenvalue weighted by Gasteiger charge is 2.19. The molecule has 4 aromatic rings. The van der Waals surface area contributed by atoms with E-state index in [1.807, 2.05) is 85.8 Å². The van der Waals surface area contributed by atoms with E-state index in [-0.39, 0.29) is 12.3 Å². The molecule has 200 valence electrons. The van der Waals surface area contributed by atoms with Gasteiger partial charge in [0.15, 0.2) is 0 Å². The maximum Gasteiger partial charge on any atom is 0.413 e. The molecule has 0 spiro atoms. The normalized spacial score (nSPS) is 12.3. The molecule has 2 amide bonds. The molecule has 3 aromatic carbocycles. The molecule has 0 radical (unpaired) electrons. The Morgan fingerprint density at radius 1 is 0.923 bits per heavy atom. The molecule has 1 aromatic heterocycles. The first-order valence-corrected chi connectivity index (χ1v) is 12.5. The Kier molecular flexibility index (Phi) is 8.40. The van der Waals surface area contributed by atoms with Gasteiger partial charge in [0.25, 0.3) is 0 Å².